The molecule has 1 heterocycles. The van der Waals surface area contributed by atoms with Crippen molar-refractivity contribution in [3.8, 4) is 11.8 Å². The largest absolute Gasteiger partial charge is 0.377 e. The lowest BCUT2D eigenvalue weighted by atomic mass is 10.1. The SMILES string of the molecule is CC.CCOCc1ccc(C#Cc2cnn(C(C)(C)C)c(=O)c2Cl)cc1. The molecule has 0 saturated heterocycles. The summed E-state index contributed by atoms with van der Waals surface area (Å²) in [5.41, 5.74) is 1.60. The summed E-state index contributed by atoms with van der Waals surface area (Å²) in [5.74, 6) is 5.93. The minimum Gasteiger partial charge on any atom is -0.377 e. The van der Waals surface area contributed by atoms with Crippen LogP contribution in [0.4, 0.5) is 0 Å². The molecule has 1 aromatic heterocycles. The zero-order valence-electron chi connectivity index (χ0n) is 16.4. The summed E-state index contributed by atoms with van der Waals surface area (Å²) in [6, 6.07) is 7.77. The van der Waals surface area contributed by atoms with Crippen LogP contribution in [0, 0.1) is 11.8 Å². The van der Waals surface area contributed by atoms with Crippen molar-refractivity contribution >= 4 is 11.6 Å². The molecule has 0 aliphatic heterocycles. The van der Waals surface area contributed by atoms with Crippen LogP contribution in [0.25, 0.3) is 0 Å². The van der Waals surface area contributed by atoms with Gasteiger partial charge in [-0.25, -0.2) is 4.68 Å². The third-order valence-electron chi connectivity index (χ3n) is 3.32. The highest BCUT2D eigenvalue weighted by molar-refractivity contribution is 6.31. The van der Waals surface area contributed by atoms with Gasteiger partial charge in [0.1, 0.15) is 5.02 Å². The molecule has 1 aromatic carbocycles. The molecular weight excluding hydrogens is 348 g/mol. The maximum absolute atomic E-state index is 12.3. The molecule has 0 spiro atoms. The lowest BCUT2D eigenvalue weighted by Crippen LogP contribution is -2.36. The van der Waals surface area contributed by atoms with E-state index in [1.54, 1.807) is 0 Å². The van der Waals surface area contributed by atoms with E-state index in [0.29, 0.717) is 18.8 Å². The maximum Gasteiger partial charge on any atom is 0.287 e. The van der Waals surface area contributed by atoms with Gasteiger partial charge < -0.3 is 4.74 Å². The Balaban J connectivity index is 0.00000163. The first-order chi connectivity index (χ1) is 12.3. The lowest BCUT2D eigenvalue weighted by Gasteiger charge is -2.20. The van der Waals surface area contributed by atoms with Crippen molar-refractivity contribution in [1.29, 1.82) is 0 Å². The van der Waals surface area contributed by atoms with Crippen molar-refractivity contribution in [3.63, 3.8) is 0 Å². The summed E-state index contributed by atoms with van der Waals surface area (Å²) in [7, 11) is 0. The third kappa shape index (κ3) is 6.01. The van der Waals surface area contributed by atoms with E-state index in [9.17, 15) is 4.79 Å². The van der Waals surface area contributed by atoms with Gasteiger partial charge in [-0.1, -0.05) is 49.4 Å². The highest BCUT2D eigenvalue weighted by Gasteiger charge is 2.18. The van der Waals surface area contributed by atoms with Crippen LogP contribution in [0.2, 0.25) is 5.02 Å². The van der Waals surface area contributed by atoms with Crippen LogP contribution in [-0.4, -0.2) is 16.4 Å². The summed E-state index contributed by atoms with van der Waals surface area (Å²) >= 11 is 6.16. The molecule has 5 heteroatoms. The Hall–Kier alpha value is -2.09. The topological polar surface area (TPSA) is 44.1 Å². The molecule has 0 aliphatic carbocycles. The number of halogens is 1. The van der Waals surface area contributed by atoms with Gasteiger partial charge in [0.25, 0.3) is 5.56 Å². The molecule has 0 unspecified atom stereocenters. The summed E-state index contributed by atoms with van der Waals surface area (Å²) in [5, 5.41) is 4.27. The van der Waals surface area contributed by atoms with E-state index in [2.05, 4.69) is 16.9 Å². The van der Waals surface area contributed by atoms with E-state index >= 15 is 0 Å². The van der Waals surface area contributed by atoms with E-state index < -0.39 is 5.54 Å². The van der Waals surface area contributed by atoms with Crippen molar-refractivity contribution in [2.45, 2.75) is 53.7 Å². The second-order valence-corrected chi connectivity index (χ2v) is 6.72. The van der Waals surface area contributed by atoms with Crippen LogP contribution in [0.5, 0.6) is 0 Å². The van der Waals surface area contributed by atoms with Crippen LogP contribution in [-0.2, 0) is 16.9 Å². The quantitative estimate of drug-likeness (QED) is 0.736. The third-order valence-corrected chi connectivity index (χ3v) is 3.69. The van der Waals surface area contributed by atoms with Gasteiger partial charge in [-0.05, 0) is 45.4 Å². The minimum absolute atomic E-state index is 0.0976. The van der Waals surface area contributed by atoms with Gasteiger partial charge in [0.05, 0.1) is 23.9 Å². The van der Waals surface area contributed by atoms with Gasteiger partial charge in [-0.3, -0.25) is 4.79 Å². The fourth-order valence-electron chi connectivity index (χ4n) is 2.04. The van der Waals surface area contributed by atoms with E-state index in [-0.39, 0.29) is 10.6 Å². The molecule has 0 atom stereocenters. The monoisotopic (exact) mass is 374 g/mol. The number of hydrogen-bond donors (Lipinski definition) is 0. The second kappa shape index (κ2) is 10.2. The molecule has 2 rings (SSSR count). The second-order valence-electron chi connectivity index (χ2n) is 6.34. The number of ether oxygens (including phenoxy) is 1. The fraction of sp³-hybridized carbons (Fsp3) is 0.429. The van der Waals surface area contributed by atoms with Crippen molar-refractivity contribution in [2.75, 3.05) is 6.61 Å². The van der Waals surface area contributed by atoms with Crippen LogP contribution < -0.4 is 5.56 Å². The Morgan fingerprint density at radius 2 is 1.77 bits per heavy atom. The first kappa shape index (κ1) is 22.0. The van der Waals surface area contributed by atoms with E-state index in [1.165, 1.54) is 10.9 Å². The highest BCUT2D eigenvalue weighted by Crippen LogP contribution is 2.13. The number of nitrogens with zero attached hydrogens (tertiary/aromatic N) is 2. The van der Waals surface area contributed by atoms with Crippen LogP contribution >= 0.6 is 11.6 Å². The molecule has 4 nitrogen and oxygen atoms in total. The van der Waals surface area contributed by atoms with Crippen molar-refractivity contribution in [1.82, 2.24) is 9.78 Å². The van der Waals surface area contributed by atoms with Crippen molar-refractivity contribution in [3.05, 3.63) is 62.5 Å². The first-order valence-electron chi connectivity index (χ1n) is 8.80. The Morgan fingerprint density at radius 3 is 2.31 bits per heavy atom. The molecule has 0 fully saturated rings. The number of benzene rings is 1. The molecule has 2 aromatic rings. The van der Waals surface area contributed by atoms with E-state index in [1.807, 2.05) is 65.8 Å². The smallest absolute Gasteiger partial charge is 0.287 e. The van der Waals surface area contributed by atoms with Gasteiger partial charge in [-0.2, -0.15) is 5.10 Å². The van der Waals surface area contributed by atoms with Crippen molar-refractivity contribution < 1.29 is 4.74 Å². The lowest BCUT2D eigenvalue weighted by molar-refractivity contribution is 0.134. The normalized spacial score (nSPS) is 10.4. The fourth-order valence-corrected chi connectivity index (χ4v) is 2.22. The average molecular weight is 375 g/mol. The van der Waals surface area contributed by atoms with Crippen molar-refractivity contribution in [2.24, 2.45) is 0 Å². The summed E-state index contributed by atoms with van der Waals surface area (Å²) in [6.45, 7) is 12.9. The molecule has 26 heavy (non-hydrogen) atoms. The van der Waals surface area contributed by atoms with E-state index in [4.69, 9.17) is 16.3 Å². The van der Waals surface area contributed by atoms with Gasteiger partial charge in [0.15, 0.2) is 0 Å². The van der Waals surface area contributed by atoms with E-state index in [0.717, 1.165) is 11.1 Å². The number of rotatable bonds is 3. The molecule has 0 radical (unpaired) electrons. The Morgan fingerprint density at radius 1 is 1.15 bits per heavy atom. The zero-order valence-corrected chi connectivity index (χ0v) is 17.1. The first-order valence-corrected chi connectivity index (χ1v) is 9.17. The predicted octanol–water partition coefficient (Wildman–Crippen LogP) is 4.61. The summed E-state index contributed by atoms with van der Waals surface area (Å²) < 4.78 is 6.72. The number of hydrogen-bond acceptors (Lipinski definition) is 3. The zero-order chi connectivity index (χ0) is 19.7. The Labute approximate surface area is 161 Å². The summed E-state index contributed by atoms with van der Waals surface area (Å²) in [4.78, 5) is 12.3. The maximum atomic E-state index is 12.3. The molecule has 0 amide bonds. The average Bonchev–Trinajstić information content (AvgIpc) is 2.62. The summed E-state index contributed by atoms with van der Waals surface area (Å²) in [6.07, 6.45) is 1.53. The standard InChI is InChI=1S/C19H21ClN2O2.C2H6/c1-5-24-13-15-8-6-14(7-9-15)10-11-16-12-21-22(19(2,3)4)18(23)17(16)20;1-2/h6-9,12H,5,13H2,1-4H3;1-2H3. The van der Waals surface area contributed by atoms with Gasteiger partial charge in [0, 0.05) is 12.2 Å². The Bertz CT molecular complexity index is 822. The van der Waals surface area contributed by atoms with Crippen LogP contribution in [0.1, 0.15) is 58.2 Å². The molecule has 0 bridgehead atoms. The predicted molar refractivity (Wildman–Crippen MR) is 108 cm³/mol. The minimum atomic E-state index is -0.428. The van der Waals surface area contributed by atoms with Gasteiger partial charge in [-0.15, -0.1) is 0 Å². The van der Waals surface area contributed by atoms with Gasteiger partial charge >= 0.3 is 0 Å². The molecule has 0 aliphatic rings. The molecule has 140 valence electrons. The number of aromatic nitrogens is 2. The Kier molecular flexibility index (Phi) is 8.57. The van der Waals surface area contributed by atoms with Gasteiger partial charge in [0.2, 0.25) is 0 Å². The molecular formula is C21H27ClN2O2. The van der Waals surface area contributed by atoms with Crippen LogP contribution in [0.15, 0.2) is 35.3 Å². The molecule has 0 saturated carbocycles. The highest BCUT2D eigenvalue weighted by atomic mass is 35.5. The molecule has 0 N–H and O–H groups in total. The van der Waals surface area contributed by atoms with Crippen LogP contribution in [0.3, 0.4) is 0 Å².